The van der Waals surface area contributed by atoms with Crippen molar-refractivity contribution >= 4 is 18.0 Å². The fourth-order valence-electron chi connectivity index (χ4n) is 1.81. The van der Waals surface area contributed by atoms with E-state index in [-0.39, 0.29) is 11.9 Å². The lowest BCUT2D eigenvalue weighted by Gasteiger charge is -2.25. The Hall–Kier alpha value is -2.10. The second-order valence-corrected chi connectivity index (χ2v) is 4.48. The van der Waals surface area contributed by atoms with Gasteiger partial charge in [0.2, 0.25) is 0 Å². The molecule has 1 aromatic carbocycles. The van der Waals surface area contributed by atoms with E-state index in [4.69, 9.17) is 5.11 Å². The summed E-state index contributed by atoms with van der Waals surface area (Å²) in [5, 5.41) is 8.54. The Labute approximate surface area is 113 Å². The molecule has 0 radical (unpaired) electrons. The van der Waals surface area contributed by atoms with Gasteiger partial charge in [0.05, 0.1) is 0 Å². The minimum atomic E-state index is -0.989. The molecule has 0 aromatic heterocycles. The van der Waals surface area contributed by atoms with Crippen LogP contribution >= 0.6 is 0 Å². The van der Waals surface area contributed by atoms with Crippen molar-refractivity contribution in [3.8, 4) is 0 Å². The fraction of sp³-hybridized carbons (Fsp3) is 0.333. The van der Waals surface area contributed by atoms with Gasteiger partial charge in [-0.25, -0.2) is 4.79 Å². The number of aliphatic carboxylic acids is 1. The van der Waals surface area contributed by atoms with Crippen LogP contribution in [0.15, 0.2) is 30.3 Å². The van der Waals surface area contributed by atoms with Crippen molar-refractivity contribution in [2.45, 2.75) is 26.8 Å². The quantitative estimate of drug-likeness (QED) is 0.829. The summed E-state index contributed by atoms with van der Waals surface area (Å²) in [6.45, 7) is 6.57. The molecule has 0 spiro atoms. The summed E-state index contributed by atoms with van der Waals surface area (Å²) in [7, 11) is 0. The van der Waals surface area contributed by atoms with Crippen LogP contribution in [0.3, 0.4) is 0 Å². The average Bonchev–Trinajstić information content (AvgIpc) is 2.37. The summed E-state index contributed by atoms with van der Waals surface area (Å²) >= 11 is 0. The third kappa shape index (κ3) is 4.25. The lowest BCUT2D eigenvalue weighted by Crippen LogP contribution is -2.36. The van der Waals surface area contributed by atoms with Crippen molar-refractivity contribution in [1.82, 2.24) is 4.90 Å². The lowest BCUT2D eigenvalue weighted by atomic mass is 10.1. The highest BCUT2D eigenvalue weighted by molar-refractivity contribution is 5.94. The van der Waals surface area contributed by atoms with E-state index in [1.165, 1.54) is 6.08 Å². The number of nitrogens with zero attached hydrogens (tertiary/aromatic N) is 1. The molecule has 0 atom stereocenters. The summed E-state index contributed by atoms with van der Waals surface area (Å²) in [5.74, 6) is -0.997. The third-order valence-electron chi connectivity index (χ3n) is 2.80. The second-order valence-electron chi connectivity index (χ2n) is 4.48. The Morgan fingerprint density at radius 1 is 1.26 bits per heavy atom. The van der Waals surface area contributed by atoms with Crippen LogP contribution in [0.2, 0.25) is 0 Å². The van der Waals surface area contributed by atoms with E-state index < -0.39 is 5.97 Å². The molecule has 0 bridgehead atoms. The van der Waals surface area contributed by atoms with Crippen molar-refractivity contribution in [2.24, 2.45) is 0 Å². The highest BCUT2D eigenvalue weighted by Gasteiger charge is 2.16. The lowest BCUT2D eigenvalue weighted by molar-refractivity contribution is -0.131. The van der Waals surface area contributed by atoms with Gasteiger partial charge in [-0.15, -0.1) is 0 Å². The Kier molecular flexibility index (Phi) is 5.30. The maximum Gasteiger partial charge on any atom is 0.328 e. The van der Waals surface area contributed by atoms with Gasteiger partial charge in [0.25, 0.3) is 5.91 Å². The molecular weight excluding hydrogens is 242 g/mol. The van der Waals surface area contributed by atoms with E-state index in [9.17, 15) is 9.59 Å². The van der Waals surface area contributed by atoms with Gasteiger partial charge in [0.15, 0.2) is 0 Å². The number of rotatable bonds is 5. The van der Waals surface area contributed by atoms with Crippen LogP contribution in [0.1, 0.15) is 36.7 Å². The van der Waals surface area contributed by atoms with Gasteiger partial charge < -0.3 is 10.0 Å². The first-order valence-corrected chi connectivity index (χ1v) is 6.27. The van der Waals surface area contributed by atoms with Gasteiger partial charge in [-0.05, 0) is 44.5 Å². The van der Waals surface area contributed by atoms with Gasteiger partial charge in [-0.3, -0.25) is 4.79 Å². The van der Waals surface area contributed by atoms with E-state index in [2.05, 4.69) is 0 Å². The first-order chi connectivity index (χ1) is 8.95. The topological polar surface area (TPSA) is 57.6 Å². The van der Waals surface area contributed by atoms with Crippen LogP contribution in [0, 0.1) is 0 Å². The van der Waals surface area contributed by atoms with Crippen LogP contribution in [-0.4, -0.2) is 34.5 Å². The molecule has 4 heteroatoms. The molecule has 1 rings (SSSR count). The molecule has 0 fully saturated rings. The van der Waals surface area contributed by atoms with E-state index in [1.807, 2.05) is 20.8 Å². The molecule has 0 heterocycles. The summed E-state index contributed by atoms with van der Waals surface area (Å²) in [5.41, 5.74) is 1.37. The minimum Gasteiger partial charge on any atom is -0.478 e. The van der Waals surface area contributed by atoms with Crippen molar-refractivity contribution in [3.05, 3.63) is 41.5 Å². The Morgan fingerprint density at radius 2 is 1.84 bits per heavy atom. The number of hydrogen-bond acceptors (Lipinski definition) is 2. The van der Waals surface area contributed by atoms with Crippen molar-refractivity contribution in [3.63, 3.8) is 0 Å². The van der Waals surface area contributed by atoms with E-state index >= 15 is 0 Å². The molecule has 0 aliphatic heterocycles. The predicted octanol–water partition coefficient (Wildman–Crippen LogP) is 2.65. The zero-order chi connectivity index (χ0) is 14.4. The van der Waals surface area contributed by atoms with Crippen LogP contribution in [0.4, 0.5) is 0 Å². The van der Waals surface area contributed by atoms with Crippen molar-refractivity contribution in [1.29, 1.82) is 0 Å². The number of carboxylic acids is 1. The first kappa shape index (κ1) is 15.0. The highest BCUT2D eigenvalue weighted by atomic mass is 16.4. The predicted molar refractivity (Wildman–Crippen MR) is 75.0 cm³/mol. The maximum atomic E-state index is 12.2. The third-order valence-corrected chi connectivity index (χ3v) is 2.80. The smallest absolute Gasteiger partial charge is 0.328 e. The largest absolute Gasteiger partial charge is 0.478 e. The number of carboxylic acid groups (broad SMARTS) is 1. The van der Waals surface area contributed by atoms with E-state index in [0.717, 1.165) is 11.6 Å². The molecule has 102 valence electrons. The zero-order valence-corrected chi connectivity index (χ0v) is 11.5. The van der Waals surface area contributed by atoms with Gasteiger partial charge in [-0.2, -0.15) is 0 Å². The minimum absolute atomic E-state index is 0.00809. The molecule has 1 N–H and O–H groups in total. The zero-order valence-electron chi connectivity index (χ0n) is 11.5. The molecule has 1 aromatic rings. The van der Waals surface area contributed by atoms with Gasteiger partial charge in [0, 0.05) is 24.2 Å². The second kappa shape index (κ2) is 6.73. The standard InChI is InChI=1S/C15H19NO3/c1-4-16(11(2)3)15(19)13-8-5-12(6-9-13)7-10-14(17)18/h5-11H,4H2,1-3H3,(H,17,18). The van der Waals surface area contributed by atoms with Gasteiger partial charge in [0.1, 0.15) is 0 Å². The number of hydrogen-bond donors (Lipinski definition) is 1. The molecule has 1 amide bonds. The summed E-state index contributed by atoms with van der Waals surface area (Å²) in [6, 6.07) is 7.06. The highest BCUT2D eigenvalue weighted by Crippen LogP contribution is 2.11. The molecule has 0 saturated carbocycles. The molecule has 4 nitrogen and oxygen atoms in total. The van der Waals surface area contributed by atoms with Gasteiger partial charge in [-0.1, -0.05) is 12.1 Å². The van der Waals surface area contributed by atoms with E-state index in [1.54, 1.807) is 29.2 Å². The van der Waals surface area contributed by atoms with Crippen LogP contribution in [0.5, 0.6) is 0 Å². The average molecular weight is 261 g/mol. The fourth-order valence-corrected chi connectivity index (χ4v) is 1.81. The molecular formula is C15H19NO3. The molecule has 0 saturated heterocycles. The molecule has 0 aliphatic rings. The van der Waals surface area contributed by atoms with E-state index in [0.29, 0.717) is 12.1 Å². The molecule has 0 aliphatic carbocycles. The number of carbonyl (C=O) groups is 2. The number of carbonyl (C=O) groups excluding carboxylic acids is 1. The number of amides is 1. The van der Waals surface area contributed by atoms with Crippen LogP contribution in [-0.2, 0) is 4.79 Å². The summed E-state index contributed by atoms with van der Waals surface area (Å²) in [6.07, 6.45) is 2.57. The van der Waals surface area contributed by atoms with Crippen LogP contribution < -0.4 is 0 Å². The van der Waals surface area contributed by atoms with Crippen molar-refractivity contribution < 1.29 is 14.7 Å². The SMILES string of the molecule is CCN(C(=O)c1ccc(C=CC(=O)O)cc1)C(C)C. The first-order valence-electron chi connectivity index (χ1n) is 6.27. The normalized spacial score (nSPS) is 10.9. The summed E-state index contributed by atoms with van der Waals surface area (Å²) < 4.78 is 0. The van der Waals surface area contributed by atoms with Crippen LogP contribution in [0.25, 0.3) is 6.08 Å². The van der Waals surface area contributed by atoms with Gasteiger partial charge >= 0.3 is 5.97 Å². The number of benzene rings is 1. The molecule has 0 unspecified atom stereocenters. The Morgan fingerprint density at radius 3 is 2.26 bits per heavy atom. The monoisotopic (exact) mass is 261 g/mol. The molecule has 19 heavy (non-hydrogen) atoms. The van der Waals surface area contributed by atoms with Crippen molar-refractivity contribution in [2.75, 3.05) is 6.54 Å². The Balaban J connectivity index is 2.86. The Bertz CT molecular complexity index is 475. The maximum absolute atomic E-state index is 12.2. The summed E-state index contributed by atoms with van der Waals surface area (Å²) in [4.78, 5) is 24.4.